The molecule has 212 valence electrons. The van der Waals surface area contributed by atoms with Crippen molar-refractivity contribution in [3.8, 4) is 16.9 Å². The molecule has 0 radical (unpaired) electrons. The van der Waals surface area contributed by atoms with Gasteiger partial charge < -0.3 is 0 Å². The molecule has 44 heavy (non-hydrogen) atoms. The van der Waals surface area contributed by atoms with Crippen molar-refractivity contribution in [3.05, 3.63) is 164 Å². The van der Waals surface area contributed by atoms with Crippen molar-refractivity contribution in [2.75, 3.05) is 4.90 Å². The minimum Gasteiger partial charge on any atom is -0.295 e. The zero-order valence-electron chi connectivity index (χ0n) is 24.8. The highest BCUT2D eigenvalue weighted by atomic mass is 15.2. The third-order valence-corrected chi connectivity index (χ3v) is 7.88. The van der Waals surface area contributed by atoms with Crippen LogP contribution < -0.4 is 4.90 Å². The summed E-state index contributed by atoms with van der Waals surface area (Å²) in [6.07, 6.45) is 6.17. The zero-order chi connectivity index (χ0) is 29.9. The molecule has 0 saturated heterocycles. The number of nitrogens with zero attached hydrogens (tertiary/aromatic N) is 4. The maximum Gasteiger partial charge on any atom is 0.163 e. The molecule has 0 N–H and O–H groups in total. The number of hydrogen-bond acceptors (Lipinski definition) is 3. The Balaban J connectivity index is 1.52. The molecule has 7 rings (SSSR count). The standard InChI is InChI=1S/C40H32N4/c1-3-16-29(4-2)40-41-38(28-39(42-40)44-36-25-13-11-23-34(36)35-24-12-14-26-37(35)44)43(32-20-9-6-10-21-32)33-22-15-19-31(27-33)30-17-7-5-8-18-30/h3-28H,1-2H3/b16-3-,29-4+. The van der Waals surface area contributed by atoms with E-state index in [0.29, 0.717) is 5.82 Å². The Morgan fingerprint density at radius 3 is 1.84 bits per heavy atom. The Morgan fingerprint density at radius 1 is 0.591 bits per heavy atom. The Kier molecular flexibility index (Phi) is 7.31. The van der Waals surface area contributed by atoms with Crippen LogP contribution in [0.25, 0.3) is 44.3 Å². The van der Waals surface area contributed by atoms with Gasteiger partial charge in [0.05, 0.1) is 11.0 Å². The summed E-state index contributed by atoms with van der Waals surface area (Å²) in [5.41, 5.74) is 7.52. The van der Waals surface area contributed by atoms with Crippen molar-refractivity contribution in [3.63, 3.8) is 0 Å². The second-order valence-corrected chi connectivity index (χ2v) is 10.6. The molecular weight excluding hydrogens is 536 g/mol. The van der Waals surface area contributed by atoms with Gasteiger partial charge in [-0.05, 0) is 61.4 Å². The molecule has 0 bridgehead atoms. The highest BCUT2D eigenvalue weighted by molar-refractivity contribution is 6.09. The maximum atomic E-state index is 5.23. The third kappa shape index (κ3) is 4.97. The van der Waals surface area contributed by atoms with Crippen molar-refractivity contribution in [1.82, 2.24) is 14.5 Å². The molecular formula is C40H32N4. The lowest BCUT2D eigenvalue weighted by molar-refractivity contribution is 1.00. The summed E-state index contributed by atoms with van der Waals surface area (Å²) < 4.78 is 2.26. The van der Waals surface area contributed by atoms with Crippen molar-refractivity contribution in [1.29, 1.82) is 0 Å². The highest BCUT2D eigenvalue weighted by Gasteiger charge is 2.20. The Bertz CT molecular complexity index is 2090. The molecule has 2 aromatic heterocycles. The minimum absolute atomic E-state index is 0.667. The second kappa shape index (κ2) is 11.9. The maximum absolute atomic E-state index is 5.23. The fourth-order valence-electron chi connectivity index (χ4n) is 5.87. The SMILES string of the molecule is C/C=C\C(=C/C)c1nc(N(c2ccccc2)c2cccc(-c3ccccc3)c2)cc(-n2c3ccccc3c3ccccc32)n1. The number of fused-ring (bicyclic) bond motifs is 3. The predicted octanol–water partition coefficient (Wildman–Crippen LogP) is 10.7. The molecule has 0 fully saturated rings. The van der Waals surface area contributed by atoms with Crippen LogP contribution in [-0.2, 0) is 0 Å². The van der Waals surface area contributed by atoms with Crippen LogP contribution in [0.4, 0.5) is 17.2 Å². The number of anilines is 3. The van der Waals surface area contributed by atoms with Crippen LogP contribution in [0, 0.1) is 0 Å². The molecule has 4 nitrogen and oxygen atoms in total. The van der Waals surface area contributed by atoms with Gasteiger partial charge in [-0.25, -0.2) is 9.97 Å². The van der Waals surface area contributed by atoms with Crippen LogP contribution >= 0.6 is 0 Å². The molecule has 0 spiro atoms. The molecule has 2 heterocycles. The van der Waals surface area contributed by atoms with E-state index < -0.39 is 0 Å². The third-order valence-electron chi connectivity index (χ3n) is 7.88. The van der Waals surface area contributed by atoms with E-state index in [2.05, 4.69) is 149 Å². The van der Waals surface area contributed by atoms with Gasteiger partial charge in [0.25, 0.3) is 0 Å². The number of rotatable bonds is 7. The number of para-hydroxylation sites is 3. The molecule has 0 aliphatic rings. The molecule has 0 aliphatic heterocycles. The van der Waals surface area contributed by atoms with Crippen molar-refractivity contribution < 1.29 is 0 Å². The summed E-state index contributed by atoms with van der Waals surface area (Å²) in [6, 6.07) is 48.7. The van der Waals surface area contributed by atoms with E-state index in [4.69, 9.17) is 9.97 Å². The van der Waals surface area contributed by atoms with Gasteiger partial charge in [-0.1, -0.05) is 115 Å². The van der Waals surface area contributed by atoms with Crippen LogP contribution in [0.2, 0.25) is 0 Å². The molecule has 0 atom stereocenters. The van der Waals surface area contributed by atoms with Gasteiger partial charge in [-0.3, -0.25) is 9.47 Å². The Hall–Kier alpha value is -5.74. The Labute approximate surface area is 257 Å². The first-order valence-electron chi connectivity index (χ1n) is 14.9. The molecule has 7 aromatic rings. The number of benzene rings is 5. The molecule has 0 saturated carbocycles. The van der Waals surface area contributed by atoms with Crippen LogP contribution in [0.5, 0.6) is 0 Å². The Morgan fingerprint density at radius 2 is 1.18 bits per heavy atom. The average Bonchev–Trinajstić information content (AvgIpc) is 3.43. The summed E-state index contributed by atoms with van der Waals surface area (Å²) in [5, 5.41) is 2.39. The summed E-state index contributed by atoms with van der Waals surface area (Å²) in [6.45, 7) is 4.05. The lowest BCUT2D eigenvalue weighted by Crippen LogP contribution is -2.14. The quantitative estimate of drug-likeness (QED) is 0.179. The first-order valence-corrected chi connectivity index (χ1v) is 14.9. The van der Waals surface area contributed by atoms with Crippen LogP contribution in [0.1, 0.15) is 19.7 Å². The first-order chi connectivity index (χ1) is 21.7. The summed E-state index contributed by atoms with van der Waals surface area (Å²) in [4.78, 5) is 12.7. The van der Waals surface area contributed by atoms with E-state index in [9.17, 15) is 0 Å². The largest absolute Gasteiger partial charge is 0.295 e. The molecule has 5 aromatic carbocycles. The van der Waals surface area contributed by atoms with Gasteiger partial charge in [0.2, 0.25) is 0 Å². The average molecular weight is 569 g/mol. The summed E-state index contributed by atoms with van der Waals surface area (Å²) in [5.74, 6) is 2.26. The molecule has 4 heteroatoms. The van der Waals surface area contributed by atoms with Crippen LogP contribution in [-0.4, -0.2) is 14.5 Å². The normalized spacial score (nSPS) is 11.9. The molecule has 0 unspecified atom stereocenters. The topological polar surface area (TPSA) is 34.0 Å². The summed E-state index contributed by atoms with van der Waals surface area (Å²) in [7, 11) is 0. The number of aromatic nitrogens is 3. The first kappa shape index (κ1) is 27.1. The molecule has 0 amide bonds. The van der Waals surface area contributed by atoms with Crippen molar-refractivity contribution in [2.45, 2.75) is 13.8 Å². The number of allylic oxidation sites excluding steroid dienone is 4. The van der Waals surface area contributed by atoms with Crippen molar-refractivity contribution >= 4 is 44.6 Å². The van der Waals surface area contributed by atoms with Crippen molar-refractivity contribution in [2.24, 2.45) is 0 Å². The van der Waals surface area contributed by atoms with E-state index in [1.54, 1.807) is 0 Å². The lowest BCUT2D eigenvalue weighted by Gasteiger charge is -2.26. The second-order valence-electron chi connectivity index (χ2n) is 10.6. The summed E-state index contributed by atoms with van der Waals surface area (Å²) >= 11 is 0. The highest BCUT2D eigenvalue weighted by Crippen LogP contribution is 2.38. The lowest BCUT2D eigenvalue weighted by atomic mass is 10.0. The van der Waals surface area contributed by atoms with Crippen LogP contribution in [0.15, 0.2) is 158 Å². The van der Waals surface area contributed by atoms with Gasteiger partial charge >= 0.3 is 0 Å². The minimum atomic E-state index is 0.667. The van der Waals surface area contributed by atoms with E-state index in [1.807, 2.05) is 32.1 Å². The fraction of sp³-hybridized carbons (Fsp3) is 0.0500. The molecule has 0 aliphatic carbocycles. The van der Waals surface area contributed by atoms with Gasteiger partial charge in [-0.2, -0.15) is 0 Å². The van der Waals surface area contributed by atoms with Gasteiger partial charge in [0, 0.05) is 33.8 Å². The predicted molar refractivity (Wildman–Crippen MR) is 185 cm³/mol. The van der Waals surface area contributed by atoms with Gasteiger partial charge in [0.15, 0.2) is 5.82 Å². The van der Waals surface area contributed by atoms with Crippen LogP contribution in [0.3, 0.4) is 0 Å². The number of hydrogen-bond donors (Lipinski definition) is 0. The smallest absolute Gasteiger partial charge is 0.163 e. The van der Waals surface area contributed by atoms with Gasteiger partial charge in [0.1, 0.15) is 11.6 Å². The van der Waals surface area contributed by atoms with E-state index >= 15 is 0 Å². The van der Waals surface area contributed by atoms with Gasteiger partial charge in [-0.15, -0.1) is 0 Å². The monoisotopic (exact) mass is 568 g/mol. The van der Waals surface area contributed by atoms with E-state index in [-0.39, 0.29) is 0 Å². The van der Waals surface area contributed by atoms with E-state index in [1.165, 1.54) is 16.3 Å². The van der Waals surface area contributed by atoms with E-state index in [0.717, 1.165) is 45.2 Å². The zero-order valence-corrected chi connectivity index (χ0v) is 24.8. The fourth-order valence-corrected chi connectivity index (χ4v) is 5.87.